The van der Waals surface area contributed by atoms with Gasteiger partial charge in [-0.15, -0.1) is 0 Å². The summed E-state index contributed by atoms with van der Waals surface area (Å²) in [6.07, 6.45) is 0. The minimum absolute atomic E-state index is 0.637. The average molecular weight is 717 g/mol. The highest BCUT2D eigenvalue weighted by Crippen LogP contribution is 2.44. The van der Waals surface area contributed by atoms with E-state index in [2.05, 4.69) is 150 Å². The molecule has 4 heterocycles. The van der Waals surface area contributed by atoms with Crippen molar-refractivity contribution in [3.63, 3.8) is 0 Å². The number of para-hydroxylation sites is 3. The van der Waals surface area contributed by atoms with Crippen molar-refractivity contribution in [2.45, 2.75) is 0 Å². The van der Waals surface area contributed by atoms with Gasteiger partial charge in [-0.05, 0) is 41.5 Å². The van der Waals surface area contributed by atoms with E-state index in [4.69, 9.17) is 19.4 Å². The number of pyridine rings is 1. The lowest BCUT2D eigenvalue weighted by Gasteiger charge is -2.12. The summed E-state index contributed by atoms with van der Waals surface area (Å²) in [6.45, 7) is 0. The van der Waals surface area contributed by atoms with Crippen LogP contribution >= 0.6 is 0 Å². The predicted molar refractivity (Wildman–Crippen MR) is 229 cm³/mol. The Morgan fingerprint density at radius 1 is 0.393 bits per heavy atom. The van der Waals surface area contributed by atoms with E-state index in [-0.39, 0.29) is 0 Å². The molecule has 262 valence electrons. The van der Waals surface area contributed by atoms with Gasteiger partial charge in [0.1, 0.15) is 5.58 Å². The summed E-state index contributed by atoms with van der Waals surface area (Å²) in [5, 5.41) is 4.41. The van der Waals surface area contributed by atoms with Crippen LogP contribution in [0.2, 0.25) is 0 Å². The lowest BCUT2D eigenvalue weighted by atomic mass is 9.99. The molecule has 0 aliphatic heterocycles. The minimum Gasteiger partial charge on any atom is -0.438 e. The van der Waals surface area contributed by atoms with E-state index >= 15 is 0 Å². The fourth-order valence-electron chi connectivity index (χ4n) is 7.99. The van der Waals surface area contributed by atoms with Crippen LogP contribution in [0, 0.1) is 0 Å². The van der Waals surface area contributed by atoms with Gasteiger partial charge in [0.2, 0.25) is 5.71 Å². The molecule has 11 rings (SSSR count). The zero-order valence-electron chi connectivity index (χ0n) is 30.2. The average Bonchev–Trinajstić information content (AvgIpc) is 3.83. The van der Waals surface area contributed by atoms with Crippen molar-refractivity contribution in [3.8, 4) is 62.0 Å². The Balaban J connectivity index is 1.02. The Morgan fingerprint density at radius 3 is 1.55 bits per heavy atom. The Bertz CT molecular complexity index is 3150. The van der Waals surface area contributed by atoms with Gasteiger partial charge in [-0.2, -0.15) is 0 Å². The molecular formula is C51H32N4O. The second kappa shape index (κ2) is 13.0. The van der Waals surface area contributed by atoms with Crippen LogP contribution in [0.25, 0.3) is 106 Å². The molecule has 0 atom stereocenters. The minimum atomic E-state index is 0.637. The number of hydrogen-bond donors (Lipinski definition) is 0. The number of aromatic nitrogens is 4. The number of fused-ring (bicyclic) bond motifs is 7. The standard InChI is InChI=1S/C51H32N4O/c1-4-14-35(15-5-1)42-32-43(36-16-6-2-7-17-36)53-50(52-42)38-30-26-34(27-31-38)33-24-28-37(29-25-33)48-49-46(47-41-21-11-13-23-45(41)56-51(47)54-48)40-20-10-12-22-44(40)55(49)39-18-8-3-9-19-39/h1-32H. The first kappa shape index (κ1) is 31.9. The van der Waals surface area contributed by atoms with Crippen molar-refractivity contribution in [1.82, 2.24) is 19.5 Å². The van der Waals surface area contributed by atoms with Crippen molar-refractivity contribution in [3.05, 3.63) is 194 Å². The summed E-state index contributed by atoms with van der Waals surface area (Å²) < 4.78 is 8.81. The largest absolute Gasteiger partial charge is 0.438 e. The summed E-state index contributed by atoms with van der Waals surface area (Å²) >= 11 is 0. The number of furan rings is 1. The highest BCUT2D eigenvalue weighted by molar-refractivity contribution is 6.28. The molecule has 11 aromatic rings. The third-order valence-corrected chi connectivity index (χ3v) is 10.7. The first-order chi connectivity index (χ1) is 27.8. The zero-order chi connectivity index (χ0) is 37.0. The molecular weight excluding hydrogens is 685 g/mol. The van der Waals surface area contributed by atoms with Crippen LogP contribution in [0.1, 0.15) is 0 Å². The van der Waals surface area contributed by atoms with Gasteiger partial charge in [0.15, 0.2) is 5.82 Å². The number of rotatable bonds is 6. The van der Waals surface area contributed by atoms with E-state index in [0.29, 0.717) is 11.5 Å². The smallest absolute Gasteiger partial charge is 0.228 e. The Kier molecular flexibility index (Phi) is 7.42. The summed E-state index contributed by atoms with van der Waals surface area (Å²) in [5.41, 5.74) is 13.7. The maximum Gasteiger partial charge on any atom is 0.228 e. The van der Waals surface area contributed by atoms with E-state index in [1.165, 1.54) is 0 Å². The Morgan fingerprint density at radius 2 is 0.911 bits per heavy atom. The van der Waals surface area contributed by atoms with E-state index in [9.17, 15) is 0 Å². The van der Waals surface area contributed by atoms with E-state index in [0.717, 1.165) is 94.3 Å². The van der Waals surface area contributed by atoms with Gasteiger partial charge in [-0.1, -0.05) is 164 Å². The maximum absolute atomic E-state index is 6.46. The molecule has 0 aliphatic carbocycles. The van der Waals surface area contributed by atoms with Gasteiger partial charge in [-0.3, -0.25) is 0 Å². The van der Waals surface area contributed by atoms with Crippen molar-refractivity contribution in [1.29, 1.82) is 0 Å². The third kappa shape index (κ3) is 5.29. The van der Waals surface area contributed by atoms with E-state index < -0.39 is 0 Å². The quantitative estimate of drug-likeness (QED) is 0.172. The molecule has 0 bridgehead atoms. The molecule has 56 heavy (non-hydrogen) atoms. The molecule has 0 spiro atoms. The van der Waals surface area contributed by atoms with Gasteiger partial charge in [-0.25, -0.2) is 15.0 Å². The Labute approximate surface area is 322 Å². The van der Waals surface area contributed by atoms with Crippen LogP contribution in [0.5, 0.6) is 0 Å². The number of benzene rings is 7. The molecule has 0 fully saturated rings. The first-order valence-electron chi connectivity index (χ1n) is 18.8. The highest BCUT2D eigenvalue weighted by Gasteiger charge is 2.24. The monoisotopic (exact) mass is 716 g/mol. The molecule has 0 radical (unpaired) electrons. The first-order valence-corrected chi connectivity index (χ1v) is 18.8. The van der Waals surface area contributed by atoms with Crippen LogP contribution in [0.15, 0.2) is 199 Å². The molecule has 5 nitrogen and oxygen atoms in total. The predicted octanol–water partition coefficient (Wildman–Crippen LogP) is 13.2. The van der Waals surface area contributed by atoms with Crippen LogP contribution in [-0.2, 0) is 0 Å². The summed E-state index contributed by atoms with van der Waals surface area (Å²) in [4.78, 5) is 15.3. The second-order valence-corrected chi connectivity index (χ2v) is 14.0. The van der Waals surface area contributed by atoms with Crippen LogP contribution in [0.4, 0.5) is 0 Å². The van der Waals surface area contributed by atoms with Crippen LogP contribution < -0.4 is 0 Å². The molecule has 7 aromatic carbocycles. The van der Waals surface area contributed by atoms with Gasteiger partial charge in [0.25, 0.3) is 0 Å². The summed E-state index contributed by atoms with van der Waals surface area (Å²) in [5.74, 6) is 0.692. The normalized spacial score (nSPS) is 11.6. The fraction of sp³-hybridized carbons (Fsp3) is 0. The third-order valence-electron chi connectivity index (χ3n) is 10.7. The van der Waals surface area contributed by atoms with E-state index in [1.807, 2.05) is 48.5 Å². The van der Waals surface area contributed by atoms with Crippen molar-refractivity contribution in [2.24, 2.45) is 0 Å². The van der Waals surface area contributed by atoms with Gasteiger partial charge >= 0.3 is 0 Å². The molecule has 0 amide bonds. The fourth-order valence-corrected chi connectivity index (χ4v) is 7.99. The highest BCUT2D eigenvalue weighted by atomic mass is 16.3. The molecule has 5 heteroatoms. The molecule has 0 saturated carbocycles. The van der Waals surface area contributed by atoms with Gasteiger partial charge < -0.3 is 8.98 Å². The molecule has 0 aliphatic rings. The Hall–Kier alpha value is -7.63. The molecule has 0 N–H and O–H groups in total. The number of nitrogens with zero attached hydrogens (tertiary/aromatic N) is 4. The zero-order valence-corrected chi connectivity index (χ0v) is 30.2. The molecule has 0 unspecified atom stereocenters. The van der Waals surface area contributed by atoms with Gasteiger partial charge in [0, 0.05) is 44.1 Å². The van der Waals surface area contributed by atoms with Crippen LogP contribution in [-0.4, -0.2) is 19.5 Å². The SMILES string of the molecule is c1ccc(-c2cc(-c3ccccc3)nc(-c3ccc(-c4ccc(-c5nc6oc7ccccc7c6c6c7ccccc7n(-c7ccccc7)c56)cc4)cc3)n2)cc1. The van der Waals surface area contributed by atoms with E-state index in [1.54, 1.807) is 0 Å². The van der Waals surface area contributed by atoms with Gasteiger partial charge in [0.05, 0.1) is 33.5 Å². The summed E-state index contributed by atoms with van der Waals surface area (Å²) in [7, 11) is 0. The van der Waals surface area contributed by atoms with Crippen LogP contribution in [0.3, 0.4) is 0 Å². The molecule has 4 aromatic heterocycles. The maximum atomic E-state index is 6.46. The molecule has 0 saturated heterocycles. The van der Waals surface area contributed by atoms with Crippen molar-refractivity contribution < 1.29 is 4.42 Å². The van der Waals surface area contributed by atoms with Crippen molar-refractivity contribution in [2.75, 3.05) is 0 Å². The lowest BCUT2D eigenvalue weighted by Crippen LogP contribution is -1.97. The lowest BCUT2D eigenvalue weighted by molar-refractivity contribution is 0.655. The summed E-state index contributed by atoms with van der Waals surface area (Å²) in [6, 6.07) is 67.2. The topological polar surface area (TPSA) is 56.7 Å². The second-order valence-electron chi connectivity index (χ2n) is 14.0. The number of hydrogen-bond acceptors (Lipinski definition) is 4. The van der Waals surface area contributed by atoms with Crippen molar-refractivity contribution >= 4 is 43.9 Å².